The Hall–Kier alpha value is -1.88. The van der Waals surface area contributed by atoms with E-state index in [-0.39, 0.29) is 30.2 Å². The first-order chi connectivity index (χ1) is 11.2. The van der Waals surface area contributed by atoms with Gasteiger partial charge in [0, 0.05) is 16.0 Å². The summed E-state index contributed by atoms with van der Waals surface area (Å²) >= 11 is 1.64. The fourth-order valence-corrected chi connectivity index (χ4v) is 4.75. The minimum absolute atomic E-state index is 0.0704. The van der Waals surface area contributed by atoms with Crippen LogP contribution < -0.4 is 0 Å². The zero-order valence-electron chi connectivity index (χ0n) is 13.3. The highest BCUT2D eigenvalue weighted by Crippen LogP contribution is 2.48. The van der Waals surface area contributed by atoms with E-state index in [0.717, 1.165) is 11.3 Å². The SMILES string of the molecule is CCOC(=O)C[C@@H]1Cc2c(sc3ccccc23)[C@@H]1C(=O)OCC. The first-order valence-corrected chi connectivity index (χ1v) is 8.79. The summed E-state index contributed by atoms with van der Waals surface area (Å²) in [7, 11) is 0. The van der Waals surface area contributed by atoms with Gasteiger partial charge in [-0.2, -0.15) is 0 Å². The van der Waals surface area contributed by atoms with Gasteiger partial charge in [-0.25, -0.2) is 0 Å². The smallest absolute Gasteiger partial charge is 0.314 e. The van der Waals surface area contributed by atoms with Crippen molar-refractivity contribution in [3.05, 3.63) is 34.7 Å². The van der Waals surface area contributed by atoms with Gasteiger partial charge in [-0.05, 0) is 43.2 Å². The van der Waals surface area contributed by atoms with Gasteiger partial charge in [0.05, 0.1) is 19.1 Å². The van der Waals surface area contributed by atoms with Gasteiger partial charge >= 0.3 is 11.9 Å². The molecule has 0 saturated heterocycles. The molecule has 2 atom stereocenters. The van der Waals surface area contributed by atoms with Crippen LogP contribution in [-0.2, 0) is 25.5 Å². The molecule has 0 radical (unpaired) electrons. The van der Waals surface area contributed by atoms with E-state index in [1.807, 2.05) is 12.1 Å². The van der Waals surface area contributed by atoms with Gasteiger partial charge in [0.1, 0.15) is 0 Å². The number of thiophene rings is 1. The maximum atomic E-state index is 12.5. The average molecular weight is 332 g/mol. The van der Waals surface area contributed by atoms with Crippen molar-refractivity contribution in [2.45, 2.75) is 32.6 Å². The summed E-state index contributed by atoms with van der Waals surface area (Å²) in [4.78, 5) is 25.4. The quantitative estimate of drug-likeness (QED) is 0.784. The van der Waals surface area contributed by atoms with Crippen LogP contribution in [0.3, 0.4) is 0 Å². The maximum absolute atomic E-state index is 12.5. The molecule has 0 unspecified atom stereocenters. The van der Waals surface area contributed by atoms with Crippen LogP contribution in [0.25, 0.3) is 10.1 Å². The van der Waals surface area contributed by atoms with Crippen LogP contribution in [0.5, 0.6) is 0 Å². The molecular weight excluding hydrogens is 312 g/mol. The number of rotatable bonds is 5. The Kier molecular flexibility index (Phi) is 4.66. The van der Waals surface area contributed by atoms with E-state index in [9.17, 15) is 9.59 Å². The summed E-state index contributed by atoms with van der Waals surface area (Å²) in [5, 5.41) is 1.19. The van der Waals surface area contributed by atoms with E-state index >= 15 is 0 Å². The molecule has 0 bridgehead atoms. The van der Waals surface area contributed by atoms with Crippen molar-refractivity contribution in [2.75, 3.05) is 13.2 Å². The summed E-state index contributed by atoms with van der Waals surface area (Å²) < 4.78 is 11.5. The maximum Gasteiger partial charge on any atom is 0.314 e. The summed E-state index contributed by atoms with van der Waals surface area (Å²) in [5.74, 6) is -0.899. The third kappa shape index (κ3) is 2.98. The lowest BCUT2D eigenvalue weighted by Crippen LogP contribution is -2.23. The lowest BCUT2D eigenvalue weighted by Gasteiger charge is -2.17. The summed E-state index contributed by atoms with van der Waals surface area (Å²) in [6.45, 7) is 4.31. The first-order valence-electron chi connectivity index (χ1n) is 7.98. The molecule has 0 fully saturated rings. The number of esters is 2. The summed E-state index contributed by atoms with van der Waals surface area (Å²) in [6, 6.07) is 8.16. The van der Waals surface area contributed by atoms with Crippen molar-refractivity contribution in [2.24, 2.45) is 5.92 Å². The molecule has 5 heteroatoms. The topological polar surface area (TPSA) is 52.6 Å². The van der Waals surface area contributed by atoms with Crippen LogP contribution in [0.1, 0.15) is 36.6 Å². The van der Waals surface area contributed by atoms with Crippen molar-refractivity contribution in [1.29, 1.82) is 0 Å². The molecule has 0 amide bonds. The highest BCUT2D eigenvalue weighted by molar-refractivity contribution is 7.19. The molecule has 0 saturated carbocycles. The van der Waals surface area contributed by atoms with Gasteiger partial charge in [-0.1, -0.05) is 18.2 Å². The van der Waals surface area contributed by atoms with Crippen molar-refractivity contribution in [3.8, 4) is 0 Å². The molecule has 1 heterocycles. The standard InChI is InChI=1S/C18H20O4S/c1-3-21-15(19)10-11-9-13-12-7-5-6-8-14(12)23-17(13)16(11)18(20)22-4-2/h5-8,11,16H,3-4,9-10H2,1-2H3/t11-,16+/m0/s1. The second-order valence-electron chi connectivity index (χ2n) is 5.64. The number of hydrogen-bond acceptors (Lipinski definition) is 5. The second kappa shape index (κ2) is 6.71. The third-order valence-corrected chi connectivity index (χ3v) is 5.52. The van der Waals surface area contributed by atoms with E-state index in [4.69, 9.17) is 9.47 Å². The van der Waals surface area contributed by atoms with Gasteiger partial charge in [-0.3, -0.25) is 9.59 Å². The number of carbonyl (C=O) groups is 2. The second-order valence-corrected chi connectivity index (χ2v) is 6.73. The van der Waals surface area contributed by atoms with Crippen molar-refractivity contribution < 1.29 is 19.1 Å². The zero-order chi connectivity index (χ0) is 16.4. The molecule has 2 aromatic rings. The molecule has 0 aliphatic heterocycles. The van der Waals surface area contributed by atoms with Gasteiger partial charge in [0.25, 0.3) is 0 Å². The molecule has 1 aromatic heterocycles. The van der Waals surface area contributed by atoms with Crippen LogP contribution in [-0.4, -0.2) is 25.2 Å². The fourth-order valence-electron chi connectivity index (χ4n) is 3.33. The Morgan fingerprint density at radius 3 is 2.65 bits per heavy atom. The summed E-state index contributed by atoms with van der Waals surface area (Å²) in [5.41, 5.74) is 1.19. The highest BCUT2D eigenvalue weighted by Gasteiger charge is 2.42. The molecule has 23 heavy (non-hydrogen) atoms. The van der Waals surface area contributed by atoms with Gasteiger partial charge in [0.2, 0.25) is 0 Å². The average Bonchev–Trinajstić information content (AvgIpc) is 3.03. The highest BCUT2D eigenvalue weighted by atomic mass is 32.1. The van der Waals surface area contributed by atoms with Crippen LogP contribution in [0.15, 0.2) is 24.3 Å². The monoisotopic (exact) mass is 332 g/mol. The Morgan fingerprint density at radius 2 is 1.91 bits per heavy atom. The van der Waals surface area contributed by atoms with Crippen molar-refractivity contribution >= 4 is 33.4 Å². The van der Waals surface area contributed by atoms with Crippen LogP contribution in [0.4, 0.5) is 0 Å². The Labute approximate surface area is 139 Å². The Morgan fingerprint density at radius 1 is 1.17 bits per heavy atom. The number of hydrogen-bond donors (Lipinski definition) is 0. The Bertz CT molecular complexity index is 734. The lowest BCUT2D eigenvalue weighted by molar-refractivity contribution is -0.148. The van der Waals surface area contributed by atoms with E-state index in [0.29, 0.717) is 13.2 Å². The van der Waals surface area contributed by atoms with Gasteiger partial charge in [0.15, 0.2) is 0 Å². The van der Waals surface area contributed by atoms with Crippen LogP contribution in [0, 0.1) is 5.92 Å². The number of fused-ring (bicyclic) bond motifs is 3. The molecule has 3 rings (SSSR count). The van der Waals surface area contributed by atoms with E-state index in [2.05, 4.69) is 12.1 Å². The third-order valence-electron chi connectivity index (χ3n) is 4.22. The van der Waals surface area contributed by atoms with E-state index in [1.165, 1.54) is 15.6 Å². The van der Waals surface area contributed by atoms with Crippen molar-refractivity contribution in [3.63, 3.8) is 0 Å². The largest absolute Gasteiger partial charge is 0.466 e. The number of carbonyl (C=O) groups excluding carboxylic acids is 2. The zero-order valence-corrected chi connectivity index (χ0v) is 14.2. The molecule has 0 spiro atoms. The van der Waals surface area contributed by atoms with Crippen LogP contribution in [0.2, 0.25) is 0 Å². The first kappa shape index (κ1) is 16.0. The van der Waals surface area contributed by atoms with E-state index in [1.54, 1.807) is 25.2 Å². The molecular formula is C18H20O4S. The molecule has 1 aliphatic rings. The fraction of sp³-hybridized carbons (Fsp3) is 0.444. The van der Waals surface area contributed by atoms with Crippen LogP contribution >= 0.6 is 11.3 Å². The predicted octanol–water partition coefficient (Wildman–Crippen LogP) is 3.67. The number of ether oxygens (including phenoxy) is 2. The molecule has 122 valence electrons. The summed E-state index contributed by atoms with van der Waals surface area (Å²) in [6.07, 6.45) is 0.981. The molecule has 1 aromatic carbocycles. The predicted molar refractivity (Wildman–Crippen MR) is 89.6 cm³/mol. The van der Waals surface area contributed by atoms with Crippen molar-refractivity contribution in [1.82, 2.24) is 0 Å². The van der Waals surface area contributed by atoms with Gasteiger partial charge < -0.3 is 9.47 Å². The molecule has 4 nitrogen and oxygen atoms in total. The normalized spacial score (nSPS) is 19.6. The molecule has 1 aliphatic carbocycles. The minimum atomic E-state index is -0.355. The molecule has 0 N–H and O–H groups in total. The minimum Gasteiger partial charge on any atom is -0.466 e. The number of benzene rings is 1. The van der Waals surface area contributed by atoms with E-state index < -0.39 is 0 Å². The Balaban J connectivity index is 1.95. The lowest BCUT2D eigenvalue weighted by atomic mass is 9.92. The van der Waals surface area contributed by atoms with Gasteiger partial charge in [-0.15, -0.1) is 11.3 Å².